The van der Waals surface area contributed by atoms with Gasteiger partial charge in [-0.05, 0) is 63.8 Å². The van der Waals surface area contributed by atoms with Crippen molar-refractivity contribution in [1.29, 1.82) is 0 Å². The van der Waals surface area contributed by atoms with Gasteiger partial charge in [0.1, 0.15) is 0 Å². The largest absolute Gasteiger partial charge is 0.335 e. The monoisotopic (exact) mass is 349 g/mol. The molecule has 0 unspecified atom stereocenters. The Morgan fingerprint density at radius 1 is 1.25 bits per heavy atom. The molecule has 2 fully saturated rings. The van der Waals surface area contributed by atoms with Crippen LogP contribution in [0.4, 0.5) is 4.79 Å². The van der Waals surface area contributed by atoms with E-state index in [1.807, 2.05) is 23.1 Å². The third kappa shape index (κ3) is 3.86. The first-order chi connectivity index (χ1) is 11.3. The third-order valence-electron chi connectivity index (χ3n) is 5.81. The second-order valence-electron chi connectivity index (χ2n) is 7.84. The Hall–Kier alpha value is -1.26. The summed E-state index contributed by atoms with van der Waals surface area (Å²) in [4.78, 5) is 16.9. The molecule has 1 aliphatic carbocycles. The topological polar surface area (TPSA) is 35.6 Å². The lowest BCUT2D eigenvalue weighted by Gasteiger charge is -2.37. The summed E-state index contributed by atoms with van der Waals surface area (Å²) in [6.45, 7) is 7.05. The molecule has 1 aromatic rings. The quantitative estimate of drug-likeness (QED) is 0.883. The smallest absolute Gasteiger partial charge is 0.317 e. The number of rotatable bonds is 2. The fourth-order valence-electron chi connectivity index (χ4n) is 3.52. The predicted octanol–water partition coefficient (Wildman–Crippen LogP) is 3.71. The van der Waals surface area contributed by atoms with Gasteiger partial charge in [-0.1, -0.05) is 23.7 Å². The minimum atomic E-state index is 0.0932. The van der Waals surface area contributed by atoms with Gasteiger partial charge in [-0.3, -0.25) is 4.90 Å². The van der Waals surface area contributed by atoms with Gasteiger partial charge in [0, 0.05) is 36.2 Å². The van der Waals surface area contributed by atoms with Gasteiger partial charge in [0.2, 0.25) is 0 Å². The van der Waals surface area contributed by atoms with Crippen molar-refractivity contribution in [3.05, 3.63) is 34.9 Å². The Morgan fingerprint density at radius 3 is 2.71 bits per heavy atom. The van der Waals surface area contributed by atoms with Crippen LogP contribution < -0.4 is 5.32 Å². The molecule has 5 heteroatoms. The highest BCUT2D eigenvalue weighted by Gasteiger charge is 2.34. The number of nitrogens with one attached hydrogen (secondary N) is 1. The number of amides is 2. The molecule has 2 aliphatic rings. The van der Waals surface area contributed by atoms with Gasteiger partial charge < -0.3 is 10.2 Å². The minimum absolute atomic E-state index is 0.0932. The maximum atomic E-state index is 12.5. The number of hydrogen-bond acceptors (Lipinski definition) is 2. The van der Waals surface area contributed by atoms with Crippen LogP contribution in [-0.2, 0) is 0 Å². The molecule has 1 heterocycles. The van der Waals surface area contributed by atoms with Crippen LogP contribution in [-0.4, -0.2) is 54.1 Å². The molecule has 0 atom stereocenters. The zero-order valence-corrected chi connectivity index (χ0v) is 15.6. The van der Waals surface area contributed by atoms with E-state index in [0.29, 0.717) is 5.92 Å². The standard InChI is InChI=1S/C19H28ClN3O/c1-19(2)7-8-23(10-9-22(19)3)18(24)21-17-12-15(13-17)14-5-4-6-16(20)11-14/h4-6,11,15,17H,7-10,12-13H2,1-3H3,(H,21,24). The van der Waals surface area contributed by atoms with E-state index in [4.69, 9.17) is 11.6 Å². The number of urea groups is 1. The van der Waals surface area contributed by atoms with Crippen LogP contribution in [0.15, 0.2) is 24.3 Å². The number of likely N-dealkylation sites (N-methyl/N-ethyl adjacent to an activating group) is 1. The van der Waals surface area contributed by atoms with Gasteiger partial charge in [-0.15, -0.1) is 0 Å². The Bertz CT molecular complexity index is 598. The third-order valence-corrected chi connectivity index (χ3v) is 6.04. The van der Waals surface area contributed by atoms with Crippen LogP contribution in [0.1, 0.15) is 44.6 Å². The number of nitrogens with zero attached hydrogens (tertiary/aromatic N) is 2. The molecule has 1 aliphatic heterocycles. The van der Waals surface area contributed by atoms with Crippen molar-refractivity contribution in [3.8, 4) is 0 Å². The zero-order chi connectivity index (χ0) is 17.3. The molecule has 1 saturated carbocycles. The zero-order valence-electron chi connectivity index (χ0n) is 14.9. The number of halogens is 1. The lowest BCUT2D eigenvalue weighted by molar-refractivity contribution is 0.165. The summed E-state index contributed by atoms with van der Waals surface area (Å²) in [6.07, 6.45) is 3.02. The summed E-state index contributed by atoms with van der Waals surface area (Å²) in [5.74, 6) is 0.517. The van der Waals surface area contributed by atoms with Crippen molar-refractivity contribution < 1.29 is 4.79 Å². The Kier molecular flexibility index (Phi) is 5.07. The molecule has 2 amide bonds. The van der Waals surface area contributed by atoms with E-state index in [1.54, 1.807) is 0 Å². The van der Waals surface area contributed by atoms with Gasteiger partial charge in [0.15, 0.2) is 0 Å². The molecule has 1 saturated heterocycles. The number of benzene rings is 1. The molecular weight excluding hydrogens is 322 g/mol. The van der Waals surface area contributed by atoms with Gasteiger partial charge in [0.05, 0.1) is 0 Å². The van der Waals surface area contributed by atoms with Crippen LogP contribution in [0.25, 0.3) is 0 Å². The Labute approximate surface area is 150 Å². The highest BCUT2D eigenvalue weighted by molar-refractivity contribution is 6.30. The van der Waals surface area contributed by atoms with Crippen LogP contribution in [0.3, 0.4) is 0 Å². The van der Waals surface area contributed by atoms with Crippen molar-refractivity contribution >= 4 is 17.6 Å². The molecule has 0 bridgehead atoms. The fraction of sp³-hybridized carbons (Fsp3) is 0.632. The molecule has 0 aromatic heterocycles. The van der Waals surface area contributed by atoms with Gasteiger partial charge in [0.25, 0.3) is 0 Å². The second kappa shape index (κ2) is 6.93. The van der Waals surface area contributed by atoms with Crippen molar-refractivity contribution in [3.63, 3.8) is 0 Å². The van der Waals surface area contributed by atoms with Crippen LogP contribution in [0.2, 0.25) is 5.02 Å². The average molecular weight is 350 g/mol. The number of carbonyl (C=O) groups is 1. The summed E-state index contributed by atoms with van der Waals surface area (Å²) in [6, 6.07) is 8.45. The van der Waals surface area contributed by atoms with Crippen LogP contribution in [0, 0.1) is 0 Å². The Morgan fingerprint density at radius 2 is 2.00 bits per heavy atom. The van der Waals surface area contributed by atoms with Crippen molar-refractivity contribution in [2.45, 2.75) is 50.6 Å². The summed E-state index contributed by atoms with van der Waals surface area (Å²) in [5.41, 5.74) is 1.44. The summed E-state index contributed by atoms with van der Waals surface area (Å²) in [5, 5.41) is 3.99. The first kappa shape index (κ1) is 17.6. The van der Waals surface area contributed by atoms with E-state index in [-0.39, 0.29) is 17.6 Å². The van der Waals surface area contributed by atoms with Crippen molar-refractivity contribution in [2.24, 2.45) is 0 Å². The molecule has 3 rings (SSSR count). The summed E-state index contributed by atoms with van der Waals surface area (Å²) >= 11 is 6.06. The molecule has 4 nitrogen and oxygen atoms in total. The predicted molar refractivity (Wildman–Crippen MR) is 98.6 cm³/mol. The van der Waals surface area contributed by atoms with Gasteiger partial charge >= 0.3 is 6.03 Å². The van der Waals surface area contributed by atoms with E-state index >= 15 is 0 Å². The van der Waals surface area contributed by atoms with E-state index in [2.05, 4.69) is 37.2 Å². The average Bonchev–Trinajstić information content (AvgIpc) is 2.62. The summed E-state index contributed by atoms with van der Waals surface area (Å²) in [7, 11) is 2.14. The lowest BCUT2D eigenvalue weighted by Crippen LogP contribution is -2.50. The van der Waals surface area contributed by atoms with Gasteiger partial charge in [-0.25, -0.2) is 4.79 Å². The highest BCUT2D eigenvalue weighted by atomic mass is 35.5. The summed E-state index contributed by atoms with van der Waals surface area (Å²) < 4.78 is 0. The molecule has 1 aromatic carbocycles. The normalized spacial score (nSPS) is 27.2. The van der Waals surface area contributed by atoms with E-state index in [1.165, 1.54) is 5.56 Å². The number of hydrogen-bond donors (Lipinski definition) is 1. The van der Waals surface area contributed by atoms with E-state index < -0.39 is 0 Å². The first-order valence-corrected chi connectivity index (χ1v) is 9.25. The second-order valence-corrected chi connectivity index (χ2v) is 8.28. The number of carbonyl (C=O) groups excluding carboxylic acids is 1. The molecule has 24 heavy (non-hydrogen) atoms. The van der Waals surface area contributed by atoms with Crippen molar-refractivity contribution in [2.75, 3.05) is 26.7 Å². The lowest BCUT2D eigenvalue weighted by atomic mass is 9.76. The maximum Gasteiger partial charge on any atom is 0.317 e. The highest BCUT2D eigenvalue weighted by Crippen LogP contribution is 2.37. The molecule has 0 radical (unpaired) electrons. The maximum absolute atomic E-state index is 12.5. The van der Waals surface area contributed by atoms with Crippen LogP contribution in [0.5, 0.6) is 0 Å². The molecular formula is C19H28ClN3O. The van der Waals surface area contributed by atoms with Crippen LogP contribution >= 0.6 is 11.6 Å². The minimum Gasteiger partial charge on any atom is -0.335 e. The molecule has 1 N–H and O–H groups in total. The van der Waals surface area contributed by atoms with E-state index in [9.17, 15) is 4.79 Å². The van der Waals surface area contributed by atoms with E-state index in [0.717, 1.165) is 43.9 Å². The Balaban J connectivity index is 1.48. The molecule has 132 valence electrons. The fourth-order valence-corrected chi connectivity index (χ4v) is 3.72. The SMILES string of the molecule is CN1CCN(C(=O)NC2CC(c3cccc(Cl)c3)C2)CCC1(C)C. The molecule has 0 spiro atoms. The van der Waals surface area contributed by atoms with Crippen molar-refractivity contribution in [1.82, 2.24) is 15.1 Å². The van der Waals surface area contributed by atoms with Gasteiger partial charge in [-0.2, -0.15) is 0 Å². The first-order valence-electron chi connectivity index (χ1n) is 8.87.